The molecule has 0 aliphatic rings. The Hall–Kier alpha value is -1.66. The summed E-state index contributed by atoms with van der Waals surface area (Å²) in [5.74, 6) is 0.627. The van der Waals surface area contributed by atoms with E-state index in [4.69, 9.17) is 10.8 Å². The lowest BCUT2D eigenvalue weighted by atomic mass is 10.3. The molecular formula is C11H18N4O2. The fourth-order valence-corrected chi connectivity index (χ4v) is 1.30. The van der Waals surface area contributed by atoms with Crippen LogP contribution in [0, 0.1) is 0 Å². The van der Waals surface area contributed by atoms with Crippen molar-refractivity contribution in [2.75, 3.05) is 37.0 Å². The van der Waals surface area contributed by atoms with Gasteiger partial charge in [-0.3, -0.25) is 4.79 Å². The number of nitrogens with two attached hydrogens (primary N) is 1. The van der Waals surface area contributed by atoms with Crippen molar-refractivity contribution in [2.24, 2.45) is 5.73 Å². The molecule has 0 spiro atoms. The third-order valence-electron chi connectivity index (χ3n) is 2.23. The van der Waals surface area contributed by atoms with Crippen LogP contribution in [0.2, 0.25) is 0 Å². The molecule has 1 aromatic rings. The minimum Gasteiger partial charge on any atom is -0.395 e. The van der Waals surface area contributed by atoms with Gasteiger partial charge < -0.3 is 21.1 Å². The number of nitrogens with one attached hydrogen (secondary N) is 1. The van der Waals surface area contributed by atoms with E-state index in [-0.39, 0.29) is 12.5 Å². The van der Waals surface area contributed by atoms with E-state index in [1.807, 2.05) is 11.9 Å². The van der Waals surface area contributed by atoms with Crippen LogP contribution in [0.3, 0.4) is 0 Å². The topological polar surface area (TPSA) is 91.5 Å². The lowest BCUT2D eigenvalue weighted by molar-refractivity contribution is -0.116. The van der Waals surface area contributed by atoms with E-state index in [0.717, 1.165) is 5.82 Å². The number of amides is 1. The summed E-state index contributed by atoms with van der Waals surface area (Å²) in [6, 6.07) is 3.55. The first kappa shape index (κ1) is 13.4. The lowest BCUT2D eigenvalue weighted by Crippen LogP contribution is -2.22. The van der Waals surface area contributed by atoms with Crippen molar-refractivity contribution in [3.05, 3.63) is 18.3 Å². The first-order chi connectivity index (χ1) is 8.17. The number of hydrogen-bond donors (Lipinski definition) is 3. The Morgan fingerprint density at radius 1 is 1.59 bits per heavy atom. The number of carbonyl (C=O) groups excluding carboxylic acids is 1. The molecule has 0 fully saturated rings. The first-order valence-corrected chi connectivity index (χ1v) is 5.45. The van der Waals surface area contributed by atoms with Crippen LogP contribution in [-0.4, -0.2) is 42.7 Å². The van der Waals surface area contributed by atoms with Gasteiger partial charge >= 0.3 is 0 Å². The highest BCUT2D eigenvalue weighted by Gasteiger charge is 2.03. The van der Waals surface area contributed by atoms with Crippen LogP contribution in [0.1, 0.15) is 6.42 Å². The molecule has 1 heterocycles. The fourth-order valence-electron chi connectivity index (χ4n) is 1.30. The van der Waals surface area contributed by atoms with Gasteiger partial charge in [0.05, 0.1) is 18.5 Å². The highest BCUT2D eigenvalue weighted by Crippen LogP contribution is 2.12. The van der Waals surface area contributed by atoms with Crippen LogP contribution < -0.4 is 16.0 Å². The molecule has 1 rings (SSSR count). The van der Waals surface area contributed by atoms with Gasteiger partial charge in [0.1, 0.15) is 5.82 Å². The van der Waals surface area contributed by atoms with Crippen LogP contribution in [0.5, 0.6) is 0 Å². The van der Waals surface area contributed by atoms with Crippen molar-refractivity contribution in [3.8, 4) is 0 Å². The van der Waals surface area contributed by atoms with Crippen LogP contribution in [0.25, 0.3) is 0 Å². The van der Waals surface area contributed by atoms with Crippen molar-refractivity contribution in [2.45, 2.75) is 6.42 Å². The smallest absolute Gasteiger partial charge is 0.225 e. The van der Waals surface area contributed by atoms with E-state index in [9.17, 15) is 4.79 Å². The average Bonchev–Trinajstić information content (AvgIpc) is 2.30. The SMILES string of the molecule is CN(CCO)c1ccc(NC(=O)CCN)cn1. The second kappa shape index (κ2) is 6.82. The Morgan fingerprint density at radius 2 is 2.35 bits per heavy atom. The second-order valence-electron chi connectivity index (χ2n) is 3.64. The standard InChI is InChI=1S/C11H18N4O2/c1-15(6-7-16)10-3-2-9(8-13-10)14-11(17)4-5-12/h2-3,8,16H,4-7,12H2,1H3,(H,14,17). The summed E-state index contributed by atoms with van der Waals surface area (Å²) in [6.07, 6.45) is 1.88. The molecule has 0 unspecified atom stereocenters. The largest absolute Gasteiger partial charge is 0.395 e. The van der Waals surface area contributed by atoms with Crippen LogP contribution in [-0.2, 0) is 4.79 Å². The lowest BCUT2D eigenvalue weighted by Gasteiger charge is -2.16. The third kappa shape index (κ3) is 4.38. The Morgan fingerprint density at radius 3 is 2.88 bits per heavy atom. The monoisotopic (exact) mass is 238 g/mol. The zero-order valence-electron chi connectivity index (χ0n) is 9.89. The Labute approximate surface area is 100 Å². The molecule has 0 aliphatic carbocycles. The molecular weight excluding hydrogens is 220 g/mol. The number of aromatic nitrogens is 1. The molecule has 4 N–H and O–H groups in total. The van der Waals surface area contributed by atoms with Crippen molar-refractivity contribution < 1.29 is 9.90 Å². The van der Waals surface area contributed by atoms with Gasteiger partial charge in [0, 0.05) is 26.6 Å². The Kier molecular flexibility index (Phi) is 5.38. The van der Waals surface area contributed by atoms with Gasteiger partial charge in [-0.2, -0.15) is 0 Å². The van der Waals surface area contributed by atoms with Crippen LogP contribution in [0.4, 0.5) is 11.5 Å². The first-order valence-electron chi connectivity index (χ1n) is 5.45. The van der Waals surface area contributed by atoms with Crippen molar-refractivity contribution in [1.29, 1.82) is 0 Å². The summed E-state index contributed by atoms with van der Waals surface area (Å²) in [7, 11) is 1.84. The highest BCUT2D eigenvalue weighted by molar-refractivity contribution is 5.90. The van der Waals surface area contributed by atoms with Crippen molar-refractivity contribution in [1.82, 2.24) is 4.98 Å². The predicted octanol–water partition coefficient (Wildman–Crippen LogP) is -0.203. The van der Waals surface area contributed by atoms with Gasteiger partial charge in [-0.25, -0.2) is 4.98 Å². The summed E-state index contributed by atoms with van der Waals surface area (Å²) in [4.78, 5) is 17.3. The van der Waals surface area contributed by atoms with E-state index >= 15 is 0 Å². The predicted molar refractivity (Wildman–Crippen MR) is 66.9 cm³/mol. The van der Waals surface area contributed by atoms with Crippen molar-refractivity contribution >= 4 is 17.4 Å². The maximum Gasteiger partial charge on any atom is 0.225 e. The van der Waals surface area contributed by atoms with Gasteiger partial charge in [0.15, 0.2) is 0 Å². The zero-order chi connectivity index (χ0) is 12.7. The number of carbonyl (C=O) groups is 1. The van der Waals surface area contributed by atoms with Gasteiger partial charge in [0.25, 0.3) is 0 Å². The van der Waals surface area contributed by atoms with Gasteiger partial charge in [-0.15, -0.1) is 0 Å². The molecule has 17 heavy (non-hydrogen) atoms. The molecule has 0 atom stereocenters. The molecule has 0 saturated carbocycles. The van der Waals surface area contributed by atoms with Crippen LogP contribution in [0.15, 0.2) is 18.3 Å². The summed E-state index contributed by atoms with van der Waals surface area (Å²) in [6.45, 7) is 0.926. The Balaban J connectivity index is 2.58. The van der Waals surface area contributed by atoms with Gasteiger partial charge in [-0.1, -0.05) is 0 Å². The number of rotatable bonds is 6. The average molecular weight is 238 g/mol. The summed E-state index contributed by atoms with van der Waals surface area (Å²) < 4.78 is 0. The summed E-state index contributed by atoms with van der Waals surface area (Å²) in [5.41, 5.74) is 5.92. The minimum absolute atomic E-state index is 0.0766. The third-order valence-corrected chi connectivity index (χ3v) is 2.23. The molecule has 1 aromatic heterocycles. The van der Waals surface area contributed by atoms with E-state index in [1.165, 1.54) is 0 Å². The Bertz CT molecular complexity index is 353. The summed E-state index contributed by atoms with van der Waals surface area (Å²) in [5, 5.41) is 11.5. The normalized spacial score (nSPS) is 10.1. The molecule has 0 bridgehead atoms. The quantitative estimate of drug-likeness (QED) is 0.638. The number of hydrogen-bond acceptors (Lipinski definition) is 5. The molecule has 0 aromatic carbocycles. The number of pyridine rings is 1. The molecule has 94 valence electrons. The fraction of sp³-hybridized carbons (Fsp3) is 0.455. The van der Waals surface area contributed by atoms with E-state index < -0.39 is 0 Å². The van der Waals surface area contributed by atoms with Gasteiger partial charge in [0.2, 0.25) is 5.91 Å². The molecule has 6 heteroatoms. The molecule has 6 nitrogen and oxygen atoms in total. The van der Waals surface area contributed by atoms with Gasteiger partial charge in [-0.05, 0) is 12.1 Å². The summed E-state index contributed by atoms with van der Waals surface area (Å²) >= 11 is 0. The molecule has 0 saturated heterocycles. The minimum atomic E-state index is -0.120. The van der Waals surface area contributed by atoms with Crippen molar-refractivity contribution in [3.63, 3.8) is 0 Å². The molecule has 0 radical (unpaired) electrons. The maximum absolute atomic E-state index is 11.3. The second-order valence-corrected chi connectivity index (χ2v) is 3.64. The number of nitrogens with zero attached hydrogens (tertiary/aromatic N) is 2. The maximum atomic E-state index is 11.3. The zero-order valence-corrected chi connectivity index (χ0v) is 9.89. The number of aliphatic hydroxyl groups excluding tert-OH is 1. The molecule has 0 aliphatic heterocycles. The van der Waals surface area contributed by atoms with E-state index in [1.54, 1.807) is 18.3 Å². The molecule has 1 amide bonds. The number of anilines is 2. The van der Waals surface area contributed by atoms with Crippen LogP contribution >= 0.6 is 0 Å². The number of likely N-dealkylation sites (N-methyl/N-ethyl adjacent to an activating group) is 1. The van der Waals surface area contributed by atoms with E-state index in [2.05, 4.69) is 10.3 Å². The van der Waals surface area contributed by atoms with E-state index in [0.29, 0.717) is 25.2 Å². The number of aliphatic hydroxyl groups is 1. The highest BCUT2D eigenvalue weighted by atomic mass is 16.3.